The molecule has 0 aromatic heterocycles. The van der Waals surface area contributed by atoms with Crippen molar-refractivity contribution < 1.29 is 17.7 Å². The summed E-state index contributed by atoms with van der Waals surface area (Å²) >= 11 is 0. The van der Waals surface area contributed by atoms with Crippen molar-refractivity contribution in [1.82, 2.24) is 0 Å². The largest absolute Gasteiger partial charge is 0.399 e. The molecule has 2 unspecified atom stereocenters. The third-order valence-corrected chi connectivity index (χ3v) is 12.5. The number of hydrogen-bond acceptors (Lipinski definition) is 6. The maximum atomic E-state index is 5.92. The van der Waals surface area contributed by atoms with Crippen molar-refractivity contribution in [3.8, 4) is 0 Å². The molecule has 1 aromatic rings. The second-order valence-corrected chi connectivity index (χ2v) is 13.7. The van der Waals surface area contributed by atoms with E-state index in [4.69, 9.17) is 23.4 Å². The second-order valence-electron chi connectivity index (χ2n) is 6.70. The lowest BCUT2D eigenvalue weighted by molar-refractivity contribution is 0.219. The Morgan fingerprint density at radius 2 is 1.15 bits per heavy atom. The zero-order valence-corrected chi connectivity index (χ0v) is 19.5. The Morgan fingerprint density at radius 1 is 0.808 bits per heavy atom. The van der Waals surface area contributed by atoms with Gasteiger partial charge in [-0.2, -0.15) is 0 Å². The second kappa shape index (κ2) is 9.86. The zero-order chi connectivity index (χ0) is 20.0. The van der Waals surface area contributed by atoms with Gasteiger partial charge in [-0.1, -0.05) is 13.8 Å². The maximum absolute atomic E-state index is 5.92. The van der Waals surface area contributed by atoms with Crippen LogP contribution >= 0.6 is 0 Å². The van der Waals surface area contributed by atoms with E-state index >= 15 is 0 Å². The van der Waals surface area contributed by atoms with Crippen molar-refractivity contribution in [3.63, 3.8) is 0 Å². The van der Waals surface area contributed by atoms with E-state index in [9.17, 15) is 0 Å². The Kier molecular flexibility index (Phi) is 8.78. The van der Waals surface area contributed by atoms with Crippen molar-refractivity contribution in [3.05, 3.63) is 24.3 Å². The minimum Gasteiger partial charge on any atom is -0.399 e. The molecule has 2 atom stereocenters. The van der Waals surface area contributed by atoms with Crippen molar-refractivity contribution in [2.75, 3.05) is 39.1 Å². The van der Waals surface area contributed by atoms with Gasteiger partial charge in [-0.15, -0.1) is 0 Å². The fraction of sp³-hybridized carbons (Fsp3) is 0.667. The maximum Gasteiger partial charge on any atom is 0.357 e. The van der Waals surface area contributed by atoms with Crippen LogP contribution in [0.3, 0.4) is 0 Å². The highest BCUT2D eigenvalue weighted by Gasteiger charge is 2.50. The van der Waals surface area contributed by atoms with E-state index in [1.165, 1.54) is 0 Å². The summed E-state index contributed by atoms with van der Waals surface area (Å²) in [7, 11) is 2.03. The molecule has 0 saturated heterocycles. The molecular formula is C18H36N2O4Si2. The fourth-order valence-electron chi connectivity index (χ4n) is 3.57. The lowest BCUT2D eigenvalue weighted by atomic mass is 10.2. The van der Waals surface area contributed by atoms with Crippen LogP contribution in [0.1, 0.15) is 26.7 Å². The molecule has 2 N–H and O–H groups in total. The number of nitrogens with zero attached hydrogens (tertiary/aromatic N) is 1. The van der Waals surface area contributed by atoms with E-state index in [1.54, 1.807) is 28.4 Å². The molecule has 8 heteroatoms. The smallest absolute Gasteiger partial charge is 0.357 e. The number of nitrogens with two attached hydrogens (primary N) is 1. The normalized spacial score (nSPS) is 14.9. The lowest BCUT2D eigenvalue weighted by Gasteiger charge is -2.48. The van der Waals surface area contributed by atoms with Gasteiger partial charge in [0.15, 0.2) is 0 Å². The van der Waals surface area contributed by atoms with Crippen molar-refractivity contribution in [1.29, 1.82) is 0 Å². The van der Waals surface area contributed by atoms with Crippen LogP contribution in [0.15, 0.2) is 24.3 Å². The molecule has 0 saturated carbocycles. The standard InChI is InChI=1S/C18H36N2O4Si2/c1-9-17(25(7,21-3)22-4)20(16-13-11-15(19)12-14-16)18(10-2)26(8,23-5)24-6/h11-14,17-18H,9-10,19H2,1-8H3. The number of anilines is 2. The third-order valence-electron chi connectivity index (χ3n) is 5.47. The first-order valence-corrected chi connectivity index (χ1v) is 13.9. The Hall–Kier alpha value is -0.906. The molecular weight excluding hydrogens is 364 g/mol. The summed E-state index contributed by atoms with van der Waals surface area (Å²) in [4.78, 5) is 2.40. The van der Waals surface area contributed by atoms with E-state index in [1.807, 2.05) is 12.1 Å². The Morgan fingerprint density at radius 3 is 1.42 bits per heavy atom. The molecule has 0 aliphatic rings. The fourth-order valence-corrected chi connectivity index (χ4v) is 8.30. The van der Waals surface area contributed by atoms with Gasteiger partial charge in [0, 0.05) is 39.8 Å². The minimum atomic E-state index is -2.46. The highest BCUT2D eigenvalue weighted by Crippen LogP contribution is 2.33. The topological polar surface area (TPSA) is 66.2 Å². The van der Waals surface area contributed by atoms with Crippen LogP contribution in [-0.4, -0.2) is 56.9 Å². The summed E-state index contributed by atoms with van der Waals surface area (Å²) in [6.45, 7) is 8.56. The first kappa shape index (κ1) is 23.1. The summed E-state index contributed by atoms with van der Waals surface area (Å²) in [5, 5.41) is 0. The molecule has 0 radical (unpaired) electrons. The molecule has 0 amide bonds. The predicted molar refractivity (Wildman–Crippen MR) is 113 cm³/mol. The van der Waals surface area contributed by atoms with Crippen LogP contribution in [-0.2, 0) is 17.7 Å². The molecule has 1 aromatic carbocycles. The molecule has 6 nitrogen and oxygen atoms in total. The first-order valence-electron chi connectivity index (χ1n) is 9.11. The molecule has 0 fully saturated rings. The molecule has 0 aliphatic carbocycles. The highest BCUT2D eigenvalue weighted by atomic mass is 28.4. The van der Waals surface area contributed by atoms with Crippen LogP contribution in [0.25, 0.3) is 0 Å². The van der Waals surface area contributed by atoms with Gasteiger partial charge < -0.3 is 28.3 Å². The van der Waals surface area contributed by atoms with Gasteiger partial charge in [-0.25, -0.2) is 0 Å². The van der Waals surface area contributed by atoms with E-state index in [-0.39, 0.29) is 11.3 Å². The Labute approximate surface area is 161 Å². The minimum absolute atomic E-state index is 0.100. The summed E-state index contributed by atoms with van der Waals surface area (Å²) in [6.07, 6.45) is 1.78. The molecule has 0 heterocycles. The molecule has 0 bridgehead atoms. The van der Waals surface area contributed by atoms with E-state index in [0.717, 1.165) is 24.2 Å². The highest BCUT2D eigenvalue weighted by molar-refractivity contribution is 6.70. The van der Waals surface area contributed by atoms with Crippen molar-refractivity contribution in [2.24, 2.45) is 0 Å². The number of nitrogen functional groups attached to an aromatic ring is 1. The quantitative estimate of drug-likeness (QED) is 0.453. The summed E-state index contributed by atoms with van der Waals surface area (Å²) < 4.78 is 23.7. The Balaban J connectivity index is 3.57. The summed E-state index contributed by atoms with van der Waals surface area (Å²) in [6, 6.07) is 7.97. The molecule has 1 rings (SSSR count). The molecule has 26 heavy (non-hydrogen) atoms. The predicted octanol–water partition coefficient (Wildman–Crippen LogP) is 3.44. The van der Waals surface area contributed by atoms with Crippen LogP contribution in [0.4, 0.5) is 11.4 Å². The van der Waals surface area contributed by atoms with Crippen LogP contribution in [0, 0.1) is 0 Å². The van der Waals surface area contributed by atoms with Gasteiger partial charge in [0.25, 0.3) is 0 Å². The third kappa shape index (κ3) is 4.68. The van der Waals surface area contributed by atoms with E-state index in [0.29, 0.717) is 0 Å². The van der Waals surface area contributed by atoms with E-state index < -0.39 is 17.1 Å². The van der Waals surface area contributed by atoms with Gasteiger partial charge in [0.2, 0.25) is 0 Å². The Bertz CT molecular complexity index is 510. The summed E-state index contributed by atoms with van der Waals surface area (Å²) in [5.74, 6) is 0. The van der Waals surface area contributed by atoms with Crippen LogP contribution in [0.5, 0.6) is 0 Å². The number of benzene rings is 1. The molecule has 0 spiro atoms. The van der Waals surface area contributed by atoms with Gasteiger partial charge in [-0.3, -0.25) is 0 Å². The van der Waals surface area contributed by atoms with Gasteiger partial charge in [0.1, 0.15) is 0 Å². The first-order chi connectivity index (χ1) is 12.3. The van der Waals surface area contributed by atoms with Crippen molar-refractivity contribution in [2.45, 2.75) is 51.1 Å². The average molecular weight is 401 g/mol. The van der Waals surface area contributed by atoms with Crippen LogP contribution in [0.2, 0.25) is 13.1 Å². The van der Waals surface area contributed by atoms with E-state index in [2.05, 4.69) is 44.0 Å². The van der Waals surface area contributed by atoms with Crippen LogP contribution < -0.4 is 10.6 Å². The SMILES string of the molecule is CCC(N(c1ccc(N)cc1)C(CC)[Si](C)(OC)OC)[Si](C)(OC)OC. The molecule has 150 valence electrons. The zero-order valence-electron chi connectivity index (χ0n) is 17.5. The monoisotopic (exact) mass is 400 g/mol. The van der Waals surface area contributed by atoms with Crippen molar-refractivity contribution >= 4 is 28.5 Å². The number of rotatable bonds is 11. The molecule has 0 aliphatic heterocycles. The average Bonchev–Trinajstić information content (AvgIpc) is 2.67. The van der Waals surface area contributed by atoms with Gasteiger partial charge in [0.05, 0.1) is 11.3 Å². The van der Waals surface area contributed by atoms with Gasteiger partial charge >= 0.3 is 17.1 Å². The summed E-state index contributed by atoms with van der Waals surface area (Å²) in [5.41, 5.74) is 7.95. The number of hydrogen-bond donors (Lipinski definition) is 1. The van der Waals surface area contributed by atoms with Gasteiger partial charge in [-0.05, 0) is 50.2 Å². The lowest BCUT2D eigenvalue weighted by Crippen LogP contribution is -2.67.